The number of halogens is 1. The van der Waals surface area contributed by atoms with Crippen LogP contribution < -0.4 is 10.5 Å². The number of carbonyl (C=O) groups excluding carboxylic acids is 1. The van der Waals surface area contributed by atoms with E-state index in [4.69, 9.17) is 22.1 Å². The zero-order valence-electron chi connectivity index (χ0n) is 9.47. The monoisotopic (exact) mass is 262 g/mol. The molecule has 1 heterocycles. The van der Waals surface area contributed by atoms with Gasteiger partial charge in [0.05, 0.1) is 0 Å². The van der Waals surface area contributed by atoms with E-state index in [1.165, 1.54) is 6.20 Å². The Morgan fingerprint density at radius 3 is 2.67 bits per heavy atom. The number of pyridine rings is 1. The first-order valence-corrected chi connectivity index (χ1v) is 5.66. The van der Waals surface area contributed by atoms with Crippen molar-refractivity contribution in [3.8, 4) is 5.75 Å². The first kappa shape index (κ1) is 12.4. The molecule has 5 heteroatoms. The highest BCUT2D eigenvalue weighted by Gasteiger charge is 2.10. The largest absolute Gasteiger partial charge is 0.486 e. The van der Waals surface area contributed by atoms with Crippen LogP contribution in [0.3, 0.4) is 0 Å². The quantitative estimate of drug-likeness (QED) is 0.920. The maximum absolute atomic E-state index is 11.1. The van der Waals surface area contributed by atoms with Crippen molar-refractivity contribution in [3.05, 3.63) is 58.9 Å². The van der Waals surface area contributed by atoms with Gasteiger partial charge in [0.25, 0.3) is 5.91 Å². The van der Waals surface area contributed by atoms with Gasteiger partial charge in [-0.2, -0.15) is 0 Å². The number of carbonyl (C=O) groups is 1. The molecule has 0 atom stereocenters. The Kier molecular flexibility index (Phi) is 3.79. The maximum atomic E-state index is 11.1. The zero-order chi connectivity index (χ0) is 13.0. The molecular weight excluding hydrogens is 252 g/mol. The molecule has 1 aromatic carbocycles. The molecule has 0 aliphatic carbocycles. The van der Waals surface area contributed by atoms with E-state index in [9.17, 15) is 4.79 Å². The molecule has 2 rings (SSSR count). The minimum Gasteiger partial charge on any atom is -0.486 e. The summed E-state index contributed by atoms with van der Waals surface area (Å²) in [4.78, 5) is 15.0. The van der Waals surface area contributed by atoms with E-state index in [1.54, 1.807) is 24.3 Å². The van der Waals surface area contributed by atoms with Gasteiger partial charge < -0.3 is 10.5 Å². The van der Waals surface area contributed by atoms with Crippen molar-refractivity contribution in [2.45, 2.75) is 6.61 Å². The minimum absolute atomic E-state index is 0.131. The van der Waals surface area contributed by atoms with Crippen LogP contribution in [0, 0.1) is 0 Å². The number of hydrogen-bond donors (Lipinski definition) is 1. The number of benzene rings is 1. The lowest BCUT2D eigenvalue weighted by Gasteiger charge is -2.08. The number of amides is 1. The summed E-state index contributed by atoms with van der Waals surface area (Å²) in [5.41, 5.74) is 6.28. The lowest BCUT2D eigenvalue weighted by molar-refractivity contribution is 0.0990. The van der Waals surface area contributed by atoms with Crippen LogP contribution in [0.4, 0.5) is 0 Å². The van der Waals surface area contributed by atoms with Crippen LogP contribution in [-0.4, -0.2) is 10.9 Å². The topological polar surface area (TPSA) is 65.2 Å². The Labute approximate surface area is 109 Å². The standard InChI is InChI=1S/C13H11ClN2O2/c14-10-5-3-9(4-6-10)8-18-11-2-1-7-16-12(11)13(15)17/h1-7H,8H2,(H2,15,17). The third-order valence-electron chi connectivity index (χ3n) is 2.31. The SMILES string of the molecule is NC(=O)c1ncccc1OCc1ccc(Cl)cc1. The van der Waals surface area contributed by atoms with E-state index in [2.05, 4.69) is 4.98 Å². The molecule has 2 N–H and O–H groups in total. The summed E-state index contributed by atoms with van der Waals surface area (Å²) < 4.78 is 5.52. The molecule has 0 spiro atoms. The second-order valence-corrected chi connectivity index (χ2v) is 4.07. The van der Waals surface area contributed by atoms with Crippen molar-refractivity contribution in [2.24, 2.45) is 5.73 Å². The fraction of sp³-hybridized carbons (Fsp3) is 0.0769. The first-order valence-electron chi connectivity index (χ1n) is 5.29. The first-order chi connectivity index (χ1) is 8.66. The van der Waals surface area contributed by atoms with Crippen LogP contribution in [0.1, 0.15) is 16.1 Å². The molecule has 0 radical (unpaired) electrons. The second kappa shape index (κ2) is 5.51. The number of nitrogens with two attached hydrogens (primary N) is 1. The van der Waals surface area contributed by atoms with Gasteiger partial charge in [0, 0.05) is 11.2 Å². The Balaban J connectivity index is 2.10. The van der Waals surface area contributed by atoms with Crippen LogP contribution in [-0.2, 0) is 6.61 Å². The van der Waals surface area contributed by atoms with Gasteiger partial charge in [-0.1, -0.05) is 23.7 Å². The van der Waals surface area contributed by atoms with Gasteiger partial charge >= 0.3 is 0 Å². The van der Waals surface area contributed by atoms with E-state index in [1.807, 2.05) is 12.1 Å². The molecular formula is C13H11ClN2O2. The van der Waals surface area contributed by atoms with Crippen LogP contribution >= 0.6 is 11.6 Å². The van der Waals surface area contributed by atoms with Crippen LogP contribution in [0.15, 0.2) is 42.6 Å². The molecule has 0 bridgehead atoms. The van der Waals surface area contributed by atoms with E-state index in [0.29, 0.717) is 17.4 Å². The predicted molar refractivity (Wildman–Crippen MR) is 68.5 cm³/mol. The Hall–Kier alpha value is -2.07. The van der Waals surface area contributed by atoms with Gasteiger partial charge in [0.15, 0.2) is 11.4 Å². The smallest absolute Gasteiger partial charge is 0.271 e. The van der Waals surface area contributed by atoms with Crippen LogP contribution in [0.2, 0.25) is 5.02 Å². The highest BCUT2D eigenvalue weighted by Crippen LogP contribution is 2.17. The average molecular weight is 263 g/mol. The van der Waals surface area contributed by atoms with Gasteiger partial charge in [-0.05, 0) is 29.8 Å². The third kappa shape index (κ3) is 2.99. The van der Waals surface area contributed by atoms with Crippen molar-refractivity contribution in [1.29, 1.82) is 0 Å². The lowest BCUT2D eigenvalue weighted by Crippen LogP contribution is -2.14. The minimum atomic E-state index is -0.610. The molecule has 1 amide bonds. The summed E-state index contributed by atoms with van der Waals surface area (Å²) in [5.74, 6) is -0.235. The van der Waals surface area contributed by atoms with Gasteiger partial charge in [-0.15, -0.1) is 0 Å². The third-order valence-corrected chi connectivity index (χ3v) is 2.56. The zero-order valence-corrected chi connectivity index (χ0v) is 10.2. The van der Waals surface area contributed by atoms with Crippen molar-refractivity contribution < 1.29 is 9.53 Å². The van der Waals surface area contributed by atoms with Crippen molar-refractivity contribution in [1.82, 2.24) is 4.98 Å². The molecule has 0 fully saturated rings. The Bertz CT molecular complexity index is 555. The normalized spacial score (nSPS) is 10.1. The van der Waals surface area contributed by atoms with E-state index >= 15 is 0 Å². The highest BCUT2D eigenvalue weighted by molar-refractivity contribution is 6.30. The van der Waals surface area contributed by atoms with Crippen LogP contribution in [0.25, 0.3) is 0 Å². The van der Waals surface area contributed by atoms with Crippen molar-refractivity contribution in [2.75, 3.05) is 0 Å². The molecule has 0 unspecified atom stereocenters. The number of rotatable bonds is 4. The number of aromatic nitrogens is 1. The molecule has 0 aliphatic rings. The number of primary amides is 1. The fourth-order valence-electron chi connectivity index (χ4n) is 1.43. The summed E-state index contributed by atoms with van der Waals surface area (Å²) in [5, 5.41) is 0.665. The lowest BCUT2D eigenvalue weighted by atomic mass is 10.2. The number of hydrogen-bond acceptors (Lipinski definition) is 3. The Morgan fingerprint density at radius 1 is 1.28 bits per heavy atom. The number of nitrogens with zero attached hydrogens (tertiary/aromatic N) is 1. The summed E-state index contributed by atoms with van der Waals surface area (Å²) in [6, 6.07) is 10.6. The van der Waals surface area contributed by atoms with Gasteiger partial charge in [-0.3, -0.25) is 4.79 Å². The van der Waals surface area contributed by atoms with Crippen molar-refractivity contribution in [3.63, 3.8) is 0 Å². The van der Waals surface area contributed by atoms with Gasteiger partial charge in [0.1, 0.15) is 6.61 Å². The molecule has 18 heavy (non-hydrogen) atoms. The molecule has 2 aromatic rings. The molecule has 0 saturated heterocycles. The highest BCUT2D eigenvalue weighted by atomic mass is 35.5. The van der Waals surface area contributed by atoms with Gasteiger partial charge in [0.2, 0.25) is 0 Å². The molecule has 1 aromatic heterocycles. The molecule has 0 saturated carbocycles. The summed E-state index contributed by atoms with van der Waals surface area (Å²) >= 11 is 5.78. The number of ether oxygens (including phenoxy) is 1. The average Bonchev–Trinajstić information content (AvgIpc) is 2.38. The molecule has 0 aliphatic heterocycles. The van der Waals surface area contributed by atoms with Gasteiger partial charge in [-0.25, -0.2) is 4.98 Å². The fourth-order valence-corrected chi connectivity index (χ4v) is 1.56. The van der Waals surface area contributed by atoms with E-state index < -0.39 is 5.91 Å². The summed E-state index contributed by atoms with van der Waals surface area (Å²) in [6.07, 6.45) is 1.50. The predicted octanol–water partition coefficient (Wildman–Crippen LogP) is 2.41. The molecule has 92 valence electrons. The summed E-state index contributed by atoms with van der Waals surface area (Å²) in [7, 11) is 0. The Morgan fingerprint density at radius 2 is 2.00 bits per heavy atom. The molecule has 4 nitrogen and oxygen atoms in total. The van der Waals surface area contributed by atoms with E-state index in [0.717, 1.165) is 5.56 Å². The van der Waals surface area contributed by atoms with Crippen molar-refractivity contribution >= 4 is 17.5 Å². The van der Waals surface area contributed by atoms with E-state index in [-0.39, 0.29) is 5.69 Å². The maximum Gasteiger partial charge on any atom is 0.271 e. The van der Waals surface area contributed by atoms with Crippen LogP contribution in [0.5, 0.6) is 5.75 Å². The summed E-state index contributed by atoms with van der Waals surface area (Å²) in [6.45, 7) is 0.323. The second-order valence-electron chi connectivity index (χ2n) is 3.63.